The summed E-state index contributed by atoms with van der Waals surface area (Å²) >= 11 is 0. The van der Waals surface area contributed by atoms with Gasteiger partial charge in [0.15, 0.2) is 0 Å². The lowest BCUT2D eigenvalue weighted by Crippen LogP contribution is -2.49. The van der Waals surface area contributed by atoms with Gasteiger partial charge < -0.3 is 4.84 Å². The molecule has 3 nitrogen and oxygen atoms in total. The summed E-state index contributed by atoms with van der Waals surface area (Å²) in [6, 6.07) is 3.17. The van der Waals surface area contributed by atoms with Crippen molar-refractivity contribution in [2.75, 3.05) is 6.61 Å². The predicted octanol–water partition coefficient (Wildman–Crippen LogP) is 4.07. The van der Waals surface area contributed by atoms with Crippen LogP contribution in [0.5, 0.6) is 0 Å². The largest absolute Gasteiger partial charge is 0.301 e. The van der Waals surface area contributed by atoms with Gasteiger partial charge in [0.2, 0.25) is 0 Å². The molecule has 3 aliphatic rings. The van der Waals surface area contributed by atoms with Gasteiger partial charge in [-0.1, -0.05) is 32.4 Å². The van der Waals surface area contributed by atoms with Gasteiger partial charge in [-0.15, -0.1) is 0 Å². The Balaban J connectivity index is 1.93. The lowest BCUT2D eigenvalue weighted by Gasteiger charge is -2.52. The van der Waals surface area contributed by atoms with Crippen molar-refractivity contribution in [1.29, 1.82) is 5.26 Å². The first kappa shape index (κ1) is 16.0. The van der Waals surface area contributed by atoms with Gasteiger partial charge in [-0.3, -0.25) is 0 Å². The van der Waals surface area contributed by atoms with Crippen molar-refractivity contribution < 1.29 is 4.84 Å². The van der Waals surface area contributed by atoms with E-state index in [0.29, 0.717) is 29.7 Å². The molecule has 3 heteroatoms. The van der Waals surface area contributed by atoms with Crippen LogP contribution in [0.25, 0.3) is 0 Å². The van der Waals surface area contributed by atoms with Crippen molar-refractivity contribution in [3.05, 3.63) is 11.6 Å². The van der Waals surface area contributed by atoms with E-state index in [9.17, 15) is 5.26 Å². The fourth-order valence-corrected chi connectivity index (χ4v) is 6.15. The van der Waals surface area contributed by atoms with Crippen molar-refractivity contribution in [2.24, 2.45) is 34.5 Å². The van der Waals surface area contributed by atoms with E-state index in [0.717, 1.165) is 13.0 Å². The van der Waals surface area contributed by atoms with Crippen LogP contribution in [0.15, 0.2) is 11.6 Å². The molecule has 2 aliphatic carbocycles. The molecule has 6 atom stereocenters. The molecule has 0 bridgehead atoms. The van der Waals surface area contributed by atoms with Crippen LogP contribution >= 0.6 is 0 Å². The van der Waals surface area contributed by atoms with Crippen LogP contribution in [0.2, 0.25) is 0 Å². The average Bonchev–Trinajstić information content (AvgIpc) is 2.85. The van der Waals surface area contributed by atoms with Gasteiger partial charge in [0.1, 0.15) is 0 Å². The summed E-state index contributed by atoms with van der Waals surface area (Å²) in [6.07, 6.45) is 5.77. The minimum atomic E-state index is -0.337. The van der Waals surface area contributed by atoms with E-state index < -0.39 is 0 Å². The molecular weight excluding hydrogens is 272 g/mol. The number of fused-ring (bicyclic) bond motifs is 1. The first-order valence-electron chi connectivity index (χ1n) is 8.74. The van der Waals surface area contributed by atoms with Crippen molar-refractivity contribution in [2.45, 2.75) is 59.9 Å². The van der Waals surface area contributed by atoms with Gasteiger partial charge in [-0.2, -0.15) is 10.7 Å². The number of allylic oxidation sites excluding steroid dienone is 2. The van der Waals surface area contributed by atoms with E-state index >= 15 is 0 Å². The van der Waals surface area contributed by atoms with Gasteiger partial charge in [0.05, 0.1) is 18.1 Å². The Morgan fingerprint density at radius 2 is 2.00 bits per heavy atom. The number of nitrogens with one attached hydrogen (secondary N) is 1. The average molecular weight is 302 g/mol. The standard InChI is InChI=1S/C19H30N2O/c1-12-8-18(3,4)17(19(5,9-12)11-20)14-6-13(2)16-15(7-14)10-22-21-16/h9,13-17,21H,6-8,10H2,1-5H3. The van der Waals surface area contributed by atoms with Crippen LogP contribution in [0, 0.1) is 45.8 Å². The third kappa shape index (κ3) is 2.51. The molecule has 1 heterocycles. The molecule has 3 rings (SSSR count). The number of hydroxylamine groups is 1. The van der Waals surface area contributed by atoms with E-state index in [1.54, 1.807) is 0 Å². The molecule has 1 saturated heterocycles. The number of rotatable bonds is 1. The third-order valence-electron chi connectivity index (χ3n) is 6.40. The van der Waals surface area contributed by atoms with Gasteiger partial charge in [0.25, 0.3) is 0 Å². The van der Waals surface area contributed by atoms with Crippen molar-refractivity contribution in [3.63, 3.8) is 0 Å². The normalized spacial score (nSPS) is 47.5. The molecule has 1 N–H and O–H groups in total. The maximum Gasteiger partial charge on any atom is 0.0763 e. The molecule has 1 aliphatic heterocycles. The third-order valence-corrected chi connectivity index (χ3v) is 6.40. The number of nitrogens with zero attached hydrogens (tertiary/aromatic N) is 1. The zero-order valence-electron chi connectivity index (χ0n) is 14.6. The summed E-state index contributed by atoms with van der Waals surface area (Å²) in [7, 11) is 0. The second-order valence-electron chi connectivity index (χ2n) is 8.95. The van der Waals surface area contributed by atoms with Crippen molar-refractivity contribution >= 4 is 0 Å². The highest BCUT2D eigenvalue weighted by molar-refractivity contribution is 5.25. The molecule has 22 heavy (non-hydrogen) atoms. The van der Waals surface area contributed by atoms with Gasteiger partial charge in [0, 0.05) is 12.0 Å². The van der Waals surface area contributed by atoms with Crippen LogP contribution in [-0.2, 0) is 4.84 Å². The monoisotopic (exact) mass is 302 g/mol. The number of nitriles is 1. The lowest BCUT2D eigenvalue weighted by molar-refractivity contribution is 0.00916. The SMILES string of the molecule is CC1=CC(C)(C#N)C(C2CC(C)C3NOCC3C2)C(C)(C)C1. The smallest absolute Gasteiger partial charge is 0.0763 e. The second-order valence-corrected chi connectivity index (χ2v) is 8.95. The molecular formula is C19H30N2O. The fraction of sp³-hybridized carbons (Fsp3) is 0.842. The Morgan fingerprint density at radius 1 is 1.27 bits per heavy atom. The molecule has 122 valence electrons. The molecule has 0 radical (unpaired) electrons. The van der Waals surface area contributed by atoms with Gasteiger partial charge in [-0.25, -0.2) is 0 Å². The van der Waals surface area contributed by atoms with E-state index in [2.05, 4.69) is 52.2 Å². The van der Waals surface area contributed by atoms with Crippen LogP contribution in [-0.4, -0.2) is 12.6 Å². The molecule has 0 aromatic carbocycles. The van der Waals surface area contributed by atoms with E-state index in [1.165, 1.54) is 18.4 Å². The zero-order chi connectivity index (χ0) is 16.1. The minimum absolute atomic E-state index is 0.188. The van der Waals surface area contributed by atoms with E-state index in [1.807, 2.05) is 0 Å². The first-order chi connectivity index (χ1) is 10.3. The topological polar surface area (TPSA) is 45.0 Å². The van der Waals surface area contributed by atoms with Crippen molar-refractivity contribution in [3.8, 4) is 6.07 Å². The molecule has 0 amide bonds. The highest BCUT2D eigenvalue weighted by Gasteiger charge is 2.52. The maximum atomic E-state index is 9.92. The van der Waals surface area contributed by atoms with Crippen LogP contribution in [0.4, 0.5) is 0 Å². The van der Waals surface area contributed by atoms with Crippen molar-refractivity contribution in [1.82, 2.24) is 5.48 Å². The summed E-state index contributed by atoms with van der Waals surface area (Å²) in [5.74, 6) is 2.28. The molecule has 0 spiro atoms. The quantitative estimate of drug-likeness (QED) is 0.742. The summed E-state index contributed by atoms with van der Waals surface area (Å²) in [5.41, 5.74) is 4.44. The summed E-state index contributed by atoms with van der Waals surface area (Å²) in [6.45, 7) is 12.2. The molecule has 0 aromatic heterocycles. The lowest BCUT2D eigenvalue weighted by atomic mass is 9.51. The van der Waals surface area contributed by atoms with E-state index in [-0.39, 0.29) is 10.8 Å². The molecule has 1 saturated carbocycles. The Morgan fingerprint density at radius 3 is 2.68 bits per heavy atom. The Kier molecular flexibility index (Phi) is 3.90. The number of hydrogen-bond acceptors (Lipinski definition) is 3. The zero-order valence-corrected chi connectivity index (χ0v) is 14.6. The minimum Gasteiger partial charge on any atom is -0.301 e. The summed E-state index contributed by atoms with van der Waals surface area (Å²) < 4.78 is 0. The van der Waals surface area contributed by atoms with Gasteiger partial charge >= 0.3 is 0 Å². The predicted molar refractivity (Wildman–Crippen MR) is 87.6 cm³/mol. The summed E-state index contributed by atoms with van der Waals surface area (Å²) in [5, 5.41) is 9.92. The Labute approximate surface area is 135 Å². The molecule has 6 unspecified atom stereocenters. The van der Waals surface area contributed by atoms with Crippen LogP contribution < -0.4 is 5.48 Å². The van der Waals surface area contributed by atoms with E-state index in [4.69, 9.17) is 4.84 Å². The summed E-state index contributed by atoms with van der Waals surface area (Å²) in [4.78, 5) is 5.52. The first-order valence-corrected chi connectivity index (χ1v) is 8.74. The van der Waals surface area contributed by atoms with Gasteiger partial charge in [-0.05, 0) is 56.3 Å². The van der Waals surface area contributed by atoms with Crippen LogP contribution in [0.1, 0.15) is 53.9 Å². The maximum absolute atomic E-state index is 9.92. The Hall–Kier alpha value is -0.850. The molecule has 0 aromatic rings. The fourth-order valence-electron chi connectivity index (χ4n) is 6.15. The number of hydrogen-bond donors (Lipinski definition) is 1. The second kappa shape index (κ2) is 5.35. The Bertz CT molecular complexity index is 518. The molecule has 2 fully saturated rings. The highest BCUT2D eigenvalue weighted by Crippen LogP contribution is 2.56. The van der Waals surface area contributed by atoms with Crippen LogP contribution in [0.3, 0.4) is 0 Å². The highest BCUT2D eigenvalue weighted by atomic mass is 16.7.